The number of carbonyl (C=O) groups excluding carboxylic acids is 1. The van der Waals surface area contributed by atoms with Crippen molar-refractivity contribution in [2.24, 2.45) is 0 Å². The van der Waals surface area contributed by atoms with Gasteiger partial charge in [-0.1, -0.05) is 0 Å². The first-order chi connectivity index (χ1) is 8.01. The molecule has 0 aromatic carbocycles. The zero-order valence-electron chi connectivity index (χ0n) is 9.50. The van der Waals surface area contributed by atoms with Crippen molar-refractivity contribution in [1.82, 2.24) is 5.32 Å². The van der Waals surface area contributed by atoms with E-state index >= 15 is 0 Å². The van der Waals surface area contributed by atoms with Gasteiger partial charge in [0, 0.05) is 7.11 Å². The molecule has 1 heterocycles. The summed E-state index contributed by atoms with van der Waals surface area (Å²) in [6.07, 6.45) is -0.948. The van der Waals surface area contributed by atoms with Crippen molar-refractivity contribution in [1.29, 1.82) is 0 Å². The van der Waals surface area contributed by atoms with Crippen molar-refractivity contribution in [3.63, 3.8) is 0 Å². The summed E-state index contributed by atoms with van der Waals surface area (Å²) in [5.41, 5.74) is -0.279. The maximum Gasteiger partial charge on any atom is 0.328 e. The Kier molecular flexibility index (Phi) is 4.41. The SMILES string of the molecule is COC(=O)C1CC/C(=C(\[C@@H](O)OC)[N+](=O)[O-])N1. The molecule has 1 aliphatic rings. The van der Waals surface area contributed by atoms with Crippen LogP contribution in [0.3, 0.4) is 0 Å². The standard InChI is InChI=1S/C9H14N2O6/c1-16-8(12)6-4-3-5(10-6)7(11(14)15)9(13)17-2/h6,9-10,13H,3-4H2,1-2H3/b7-5-/t6?,9-/m0/s1. The first-order valence-corrected chi connectivity index (χ1v) is 4.94. The lowest BCUT2D eigenvalue weighted by Crippen LogP contribution is -2.33. The summed E-state index contributed by atoms with van der Waals surface area (Å²) in [6, 6.07) is -0.617. The summed E-state index contributed by atoms with van der Waals surface area (Å²) in [7, 11) is 2.39. The zero-order valence-corrected chi connectivity index (χ0v) is 9.50. The van der Waals surface area contributed by atoms with E-state index in [4.69, 9.17) is 0 Å². The highest BCUT2D eigenvalue weighted by molar-refractivity contribution is 5.76. The number of ether oxygens (including phenoxy) is 2. The van der Waals surface area contributed by atoms with Crippen molar-refractivity contribution in [3.8, 4) is 0 Å². The van der Waals surface area contributed by atoms with E-state index in [1.165, 1.54) is 7.11 Å². The third-order valence-corrected chi connectivity index (χ3v) is 2.48. The van der Waals surface area contributed by atoms with Gasteiger partial charge in [0.1, 0.15) is 6.04 Å². The molecule has 0 aromatic heterocycles. The molecular formula is C9H14N2O6. The first kappa shape index (κ1) is 13.4. The van der Waals surface area contributed by atoms with Gasteiger partial charge in [-0.15, -0.1) is 0 Å². The highest BCUT2D eigenvalue weighted by Gasteiger charge is 2.35. The molecule has 0 aliphatic carbocycles. The van der Waals surface area contributed by atoms with Crippen LogP contribution in [0.4, 0.5) is 0 Å². The monoisotopic (exact) mass is 246 g/mol. The van der Waals surface area contributed by atoms with Gasteiger partial charge < -0.3 is 19.9 Å². The number of esters is 1. The Bertz CT molecular complexity index is 353. The van der Waals surface area contributed by atoms with Crippen LogP contribution in [0.2, 0.25) is 0 Å². The van der Waals surface area contributed by atoms with Crippen LogP contribution in [0, 0.1) is 10.1 Å². The normalized spacial score (nSPS) is 23.8. The molecule has 0 bridgehead atoms. The molecule has 1 rings (SSSR count). The van der Waals surface area contributed by atoms with E-state index in [2.05, 4.69) is 14.8 Å². The van der Waals surface area contributed by atoms with Crippen LogP contribution >= 0.6 is 0 Å². The molecule has 1 fully saturated rings. The molecule has 0 saturated carbocycles. The fourth-order valence-corrected chi connectivity index (χ4v) is 1.63. The van der Waals surface area contributed by atoms with Crippen LogP contribution in [0.25, 0.3) is 0 Å². The lowest BCUT2D eigenvalue weighted by atomic mass is 10.2. The average Bonchev–Trinajstić information content (AvgIpc) is 2.76. The van der Waals surface area contributed by atoms with E-state index in [0.717, 1.165) is 7.11 Å². The Labute approximate surface area is 97.3 Å². The average molecular weight is 246 g/mol. The largest absolute Gasteiger partial charge is 0.467 e. The van der Waals surface area contributed by atoms with Crippen molar-refractivity contribution in [2.75, 3.05) is 14.2 Å². The summed E-state index contributed by atoms with van der Waals surface area (Å²) in [4.78, 5) is 21.3. The maximum absolute atomic E-state index is 11.2. The van der Waals surface area contributed by atoms with Crippen LogP contribution < -0.4 is 5.32 Å². The summed E-state index contributed by atoms with van der Waals surface area (Å²) < 4.78 is 9.03. The Morgan fingerprint density at radius 3 is 2.76 bits per heavy atom. The molecule has 1 unspecified atom stereocenters. The van der Waals surface area contributed by atoms with E-state index in [-0.39, 0.29) is 12.1 Å². The number of aliphatic hydroxyl groups is 1. The van der Waals surface area contributed by atoms with E-state index < -0.39 is 28.9 Å². The molecule has 0 radical (unpaired) electrons. The summed E-state index contributed by atoms with van der Waals surface area (Å²) in [5.74, 6) is -0.491. The molecule has 2 N–H and O–H groups in total. The quantitative estimate of drug-likeness (QED) is 0.294. The van der Waals surface area contributed by atoms with Crippen LogP contribution in [-0.4, -0.2) is 42.6 Å². The summed E-state index contributed by atoms with van der Waals surface area (Å²) in [6.45, 7) is 0. The van der Waals surface area contributed by atoms with Gasteiger partial charge >= 0.3 is 11.7 Å². The number of carbonyl (C=O) groups is 1. The molecule has 0 spiro atoms. The molecule has 0 aromatic rings. The lowest BCUT2D eigenvalue weighted by Gasteiger charge is -2.10. The third-order valence-electron chi connectivity index (χ3n) is 2.48. The topological polar surface area (TPSA) is 111 Å². The van der Waals surface area contributed by atoms with Gasteiger partial charge in [-0.05, 0) is 12.8 Å². The number of nitrogens with zero attached hydrogens (tertiary/aromatic N) is 1. The predicted molar refractivity (Wildman–Crippen MR) is 55.2 cm³/mol. The van der Waals surface area contributed by atoms with Crippen LogP contribution in [-0.2, 0) is 14.3 Å². The number of allylic oxidation sites excluding steroid dienone is 1. The predicted octanol–water partition coefficient (Wildman–Crippen LogP) is -0.635. The number of nitro groups is 1. The van der Waals surface area contributed by atoms with Crippen molar-refractivity contribution in [3.05, 3.63) is 21.5 Å². The number of nitrogens with one attached hydrogen (secondary N) is 1. The molecule has 8 heteroatoms. The maximum atomic E-state index is 11.2. The van der Waals surface area contributed by atoms with E-state index in [1.54, 1.807) is 0 Å². The minimum Gasteiger partial charge on any atom is -0.467 e. The van der Waals surface area contributed by atoms with Gasteiger partial charge in [0.15, 0.2) is 0 Å². The number of rotatable bonds is 4. The second kappa shape index (κ2) is 5.60. The number of methoxy groups -OCH3 is 2. The fraction of sp³-hybridized carbons (Fsp3) is 0.667. The third kappa shape index (κ3) is 2.92. The Morgan fingerprint density at radius 1 is 1.65 bits per heavy atom. The molecule has 1 aliphatic heterocycles. The Balaban J connectivity index is 2.90. The smallest absolute Gasteiger partial charge is 0.328 e. The molecule has 1 saturated heterocycles. The number of hydrogen-bond acceptors (Lipinski definition) is 7. The highest BCUT2D eigenvalue weighted by Crippen LogP contribution is 2.22. The molecule has 2 atom stereocenters. The van der Waals surface area contributed by atoms with Crippen LogP contribution in [0.15, 0.2) is 11.4 Å². The first-order valence-electron chi connectivity index (χ1n) is 4.94. The highest BCUT2D eigenvalue weighted by atomic mass is 16.6. The van der Waals surface area contributed by atoms with E-state index in [9.17, 15) is 20.0 Å². The lowest BCUT2D eigenvalue weighted by molar-refractivity contribution is -0.448. The molecular weight excluding hydrogens is 232 g/mol. The molecule has 17 heavy (non-hydrogen) atoms. The van der Waals surface area contributed by atoms with E-state index in [1.807, 2.05) is 0 Å². The van der Waals surface area contributed by atoms with Crippen molar-refractivity contribution in [2.45, 2.75) is 25.2 Å². The Morgan fingerprint density at radius 2 is 2.29 bits per heavy atom. The van der Waals surface area contributed by atoms with Crippen LogP contribution in [0.5, 0.6) is 0 Å². The van der Waals surface area contributed by atoms with Gasteiger partial charge in [-0.2, -0.15) is 0 Å². The molecule has 8 nitrogen and oxygen atoms in total. The van der Waals surface area contributed by atoms with Crippen molar-refractivity contribution >= 4 is 5.97 Å². The van der Waals surface area contributed by atoms with Gasteiger partial charge in [-0.3, -0.25) is 10.1 Å². The molecule has 0 amide bonds. The van der Waals surface area contributed by atoms with Crippen molar-refractivity contribution < 1.29 is 24.3 Å². The molecule has 96 valence electrons. The van der Waals surface area contributed by atoms with Gasteiger partial charge in [0.2, 0.25) is 6.29 Å². The summed E-state index contributed by atoms with van der Waals surface area (Å²) >= 11 is 0. The second-order valence-corrected chi connectivity index (χ2v) is 3.47. The minimum atomic E-state index is -1.62. The summed E-state index contributed by atoms with van der Waals surface area (Å²) in [5, 5.41) is 22.8. The second-order valence-electron chi connectivity index (χ2n) is 3.47. The van der Waals surface area contributed by atoms with Gasteiger partial charge in [0.05, 0.1) is 17.7 Å². The fourth-order valence-electron chi connectivity index (χ4n) is 1.63. The van der Waals surface area contributed by atoms with Crippen LogP contribution in [0.1, 0.15) is 12.8 Å². The number of aliphatic hydroxyl groups excluding tert-OH is 1. The van der Waals surface area contributed by atoms with Gasteiger partial charge in [-0.25, -0.2) is 4.79 Å². The van der Waals surface area contributed by atoms with Gasteiger partial charge in [0.25, 0.3) is 0 Å². The number of hydrogen-bond donors (Lipinski definition) is 2. The Hall–Kier alpha value is -1.67. The van der Waals surface area contributed by atoms with E-state index in [0.29, 0.717) is 6.42 Å². The zero-order chi connectivity index (χ0) is 13.0. The minimum absolute atomic E-state index is 0.194.